The first-order valence-electron chi connectivity index (χ1n) is 6.60. The molecule has 2 aromatic carbocycles. The number of ether oxygens (including phenoxy) is 1. The number of nitriles is 1. The minimum absolute atomic E-state index is 0.157. The molecular weight excluding hydrogens is 316 g/mol. The Labute approximate surface area is 138 Å². The van der Waals surface area contributed by atoms with Crippen molar-refractivity contribution in [3.63, 3.8) is 0 Å². The smallest absolute Gasteiger partial charge is 0.266 e. The van der Waals surface area contributed by atoms with E-state index in [1.807, 2.05) is 12.1 Å². The molecule has 0 bridgehead atoms. The van der Waals surface area contributed by atoms with Crippen molar-refractivity contribution in [1.29, 1.82) is 5.26 Å². The van der Waals surface area contributed by atoms with E-state index in [0.29, 0.717) is 10.7 Å². The van der Waals surface area contributed by atoms with E-state index in [9.17, 15) is 15.2 Å². The second kappa shape index (κ2) is 7.34. The minimum Gasteiger partial charge on any atom is -0.504 e. The number of nitrogens with zero attached hydrogens (tertiary/aromatic N) is 1. The quantitative estimate of drug-likeness (QED) is 0.663. The summed E-state index contributed by atoms with van der Waals surface area (Å²) < 4.78 is 4.99. The second-order valence-electron chi connectivity index (χ2n) is 4.54. The van der Waals surface area contributed by atoms with Crippen molar-refractivity contribution in [1.82, 2.24) is 0 Å². The topological polar surface area (TPSA) is 82.3 Å². The van der Waals surface area contributed by atoms with Crippen molar-refractivity contribution in [2.75, 3.05) is 12.4 Å². The van der Waals surface area contributed by atoms with Crippen molar-refractivity contribution in [2.24, 2.45) is 0 Å². The maximum atomic E-state index is 12.2. The molecule has 116 valence electrons. The lowest BCUT2D eigenvalue weighted by atomic mass is 10.1. The summed E-state index contributed by atoms with van der Waals surface area (Å²) >= 11 is 5.93. The molecule has 0 heterocycles. The normalized spacial score (nSPS) is 10.7. The standard InChI is InChI=1S/C17H13ClN2O3/c1-23-15-9-13(18)8-11(16(15)21)7-12(10-19)17(22)20-14-5-3-2-4-6-14/h2-9,21H,1H3,(H,20,22)/b12-7-. The van der Waals surface area contributed by atoms with Crippen molar-refractivity contribution in [3.8, 4) is 17.6 Å². The van der Waals surface area contributed by atoms with Gasteiger partial charge in [0.2, 0.25) is 0 Å². The van der Waals surface area contributed by atoms with E-state index < -0.39 is 5.91 Å². The highest BCUT2D eigenvalue weighted by molar-refractivity contribution is 6.31. The predicted molar refractivity (Wildman–Crippen MR) is 88.3 cm³/mol. The highest BCUT2D eigenvalue weighted by Crippen LogP contribution is 2.34. The van der Waals surface area contributed by atoms with Crippen molar-refractivity contribution < 1.29 is 14.6 Å². The molecule has 0 fully saturated rings. The van der Waals surface area contributed by atoms with Gasteiger partial charge in [-0.05, 0) is 24.3 Å². The molecule has 0 unspecified atom stereocenters. The van der Waals surface area contributed by atoms with Crippen LogP contribution < -0.4 is 10.1 Å². The van der Waals surface area contributed by atoms with Crippen molar-refractivity contribution in [2.45, 2.75) is 0 Å². The summed E-state index contributed by atoms with van der Waals surface area (Å²) in [5.74, 6) is -0.626. The number of nitrogens with one attached hydrogen (secondary N) is 1. The molecule has 2 aromatic rings. The Hall–Kier alpha value is -2.97. The summed E-state index contributed by atoms with van der Waals surface area (Å²) in [4.78, 5) is 12.2. The third-order valence-corrected chi connectivity index (χ3v) is 3.20. The summed E-state index contributed by atoms with van der Waals surface area (Å²) in [6.45, 7) is 0. The molecule has 23 heavy (non-hydrogen) atoms. The van der Waals surface area contributed by atoms with Gasteiger partial charge in [-0.3, -0.25) is 4.79 Å². The lowest BCUT2D eigenvalue weighted by molar-refractivity contribution is -0.112. The van der Waals surface area contributed by atoms with Crippen LogP contribution in [0.25, 0.3) is 6.08 Å². The molecule has 0 aromatic heterocycles. The van der Waals surface area contributed by atoms with Crippen LogP contribution >= 0.6 is 11.6 Å². The average Bonchev–Trinajstić information content (AvgIpc) is 2.55. The number of benzene rings is 2. The minimum atomic E-state index is -0.586. The number of carbonyl (C=O) groups excluding carboxylic acids is 1. The molecule has 0 radical (unpaired) electrons. The summed E-state index contributed by atoms with van der Waals surface area (Å²) in [7, 11) is 1.38. The van der Waals surface area contributed by atoms with Crippen LogP contribution in [0.15, 0.2) is 48.0 Å². The fourth-order valence-corrected chi connectivity index (χ4v) is 2.10. The van der Waals surface area contributed by atoms with E-state index >= 15 is 0 Å². The van der Waals surface area contributed by atoms with Gasteiger partial charge in [0.1, 0.15) is 11.6 Å². The van der Waals surface area contributed by atoms with Gasteiger partial charge in [-0.15, -0.1) is 0 Å². The molecule has 2 N–H and O–H groups in total. The van der Waals surface area contributed by atoms with E-state index in [4.69, 9.17) is 16.3 Å². The maximum Gasteiger partial charge on any atom is 0.266 e. The molecule has 0 atom stereocenters. The van der Waals surface area contributed by atoms with Gasteiger partial charge in [-0.2, -0.15) is 5.26 Å². The number of methoxy groups -OCH3 is 1. The third-order valence-electron chi connectivity index (χ3n) is 2.99. The summed E-state index contributed by atoms with van der Waals surface area (Å²) in [5, 5.41) is 22.2. The molecule has 0 aliphatic heterocycles. The fourth-order valence-electron chi connectivity index (χ4n) is 1.88. The lowest BCUT2D eigenvalue weighted by Gasteiger charge is -2.08. The van der Waals surface area contributed by atoms with E-state index in [2.05, 4.69) is 5.32 Å². The lowest BCUT2D eigenvalue weighted by Crippen LogP contribution is -2.13. The number of halogens is 1. The second-order valence-corrected chi connectivity index (χ2v) is 4.97. The van der Waals surface area contributed by atoms with Crippen LogP contribution in [-0.2, 0) is 4.79 Å². The molecule has 5 nitrogen and oxygen atoms in total. The first-order valence-corrected chi connectivity index (χ1v) is 6.97. The molecule has 0 saturated heterocycles. The van der Waals surface area contributed by atoms with Crippen LogP contribution in [0.5, 0.6) is 11.5 Å². The van der Waals surface area contributed by atoms with Gasteiger partial charge in [0.05, 0.1) is 7.11 Å². The zero-order valence-corrected chi connectivity index (χ0v) is 13.0. The van der Waals surface area contributed by atoms with Gasteiger partial charge < -0.3 is 15.2 Å². The summed E-state index contributed by atoms with van der Waals surface area (Å²) in [5.41, 5.74) is 0.606. The Balaban J connectivity index is 2.34. The maximum absolute atomic E-state index is 12.2. The Bertz CT molecular complexity index is 795. The zero-order chi connectivity index (χ0) is 16.8. The molecule has 0 spiro atoms. The van der Waals surface area contributed by atoms with Crippen LogP contribution in [0.4, 0.5) is 5.69 Å². The summed E-state index contributed by atoms with van der Waals surface area (Å²) in [6.07, 6.45) is 1.25. The van der Waals surface area contributed by atoms with E-state index in [1.54, 1.807) is 24.3 Å². The van der Waals surface area contributed by atoms with Gasteiger partial charge in [-0.1, -0.05) is 29.8 Å². The number of amides is 1. The molecule has 2 rings (SSSR count). The monoisotopic (exact) mass is 328 g/mol. The Morgan fingerprint density at radius 3 is 2.65 bits per heavy atom. The largest absolute Gasteiger partial charge is 0.504 e. The van der Waals surface area contributed by atoms with Gasteiger partial charge >= 0.3 is 0 Å². The number of rotatable bonds is 4. The van der Waals surface area contributed by atoms with Crippen LogP contribution in [0, 0.1) is 11.3 Å². The number of carbonyl (C=O) groups is 1. The van der Waals surface area contributed by atoms with Crippen LogP contribution in [0.3, 0.4) is 0 Å². The first-order chi connectivity index (χ1) is 11.0. The van der Waals surface area contributed by atoms with Crippen LogP contribution in [0.1, 0.15) is 5.56 Å². The Kier molecular flexibility index (Phi) is 5.23. The number of para-hydroxylation sites is 1. The number of phenols is 1. The average molecular weight is 329 g/mol. The molecule has 6 heteroatoms. The van der Waals surface area contributed by atoms with Gasteiger partial charge in [-0.25, -0.2) is 0 Å². The van der Waals surface area contributed by atoms with Crippen molar-refractivity contribution >= 4 is 29.3 Å². The predicted octanol–water partition coefficient (Wildman–Crippen LogP) is 3.60. The van der Waals surface area contributed by atoms with E-state index in [1.165, 1.54) is 25.3 Å². The molecule has 0 aliphatic carbocycles. The number of hydrogen-bond acceptors (Lipinski definition) is 4. The number of aromatic hydroxyl groups is 1. The Morgan fingerprint density at radius 2 is 2.04 bits per heavy atom. The number of anilines is 1. The van der Waals surface area contributed by atoms with Gasteiger partial charge in [0, 0.05) is 22.3 Å². The van der Waals surface area contributed by atoms with Gasteiger partial charge in [0.25, 0.3) is 5.91 Å². The molecule has 0 aliphatic rings. The molecular formula is C17H13ClN2O3. The molecule has 1 amide bonds. The van der Waals surface area contributed by atoms with Crippen molar-refractivity contribution in [3.05, 3.63) is 58.6 Å². The molecule has 0 saturated carbocycles. The SMILES string of the molecule is COc1cc(Cl)cc(/C=C(/C#N)C(=O)Nc2ccccc2)c1O. The summed E-state index contributed by atoms with van der Waals surface area (Å²) in [6, 6.07) is 13.4. The fraction of sp³-hybridized carbons (Fsp3) is 0.0588. The number of hydrogen-bond donors (Lipinski definition) is 2. The Morgan fingerprint density at radius 1 is 1.35 bits per heavy atom. The number of phenolic OH excluding ortho intramolecular Hbond substituents is 1. The third kappa shape index (κ3) is 4.02. The zero-order valence-electron chi connectivity index (χ0n) is 12.2. The van der Waals surface area contributed by atoms with Crippen LogP contribution in [-0.4, -0.2) is 18.1 Å². The van der Waals surface area contributed by atoms with Gasteiger partial charge in [0.15, 0.2) is 11.5 Å². The van der Waals surface area contributed by atoms with E-state index in [-0.39, 0.29) is 22.6 Å². The highest BCUT2D eigenvalue weighted by Gasteiger charge is 2.13. The first kappa shape index (κ1) is 16.4. The van der Waals surface area contributed by atoms with E-state index in [0.717, 1.165) is 0 Å². The van der Waals surface area contributed by atoms with Crippen LogP contribution in [0.2, 0.25) is 5.02 Å². The highest BCUT2D eigenvalue weighted by atomic mass is 35.5.